The molecular formula is C21H16ClN3O2S2. The number of nitrogens with zero attached hydrogens (tertiary/aromatic N) is 3. The Morgan fingerprint density at radius 3 is 2.52 bits per heavy atom. The third kappa shape index (κ3) is 4.27. The zero-order valence-corrected chi connectivity index (χ0v) is 18.1. The Bertz CT molecular complexity index is 1180. The van der Waals surface area contributed by atoms with E-state index in [0.29, 0.717) is 15.6 Å². The lowest BCUT2D eigenvalue weighted by Gasteiger charge is -2.06. The summed E-state index contributed by atoms with van der Waals surface area (Å²) in [6, 6.07) is 14.6. The molecule has 8 heteroatoms. The maximum Gasteiger partial charge on any atom is 0.173 e. The van der Waals surface area contributed by atoms with Crippen molar-refractivity contribution in [1.82, 2.24) is 15.2 Å². The predicted molar refractivity (Wildman–Crippen MR) is 118 cm³/mol. The van der Waals surface area contributed by atoms with E-state index in [-0.39, 0.29) is 11.5 Å². The maximum atomic E-state index is 12.5. The van der Waals surface area contributed by atoms with Gasteiger partial charge in [0.2, 0.25) is 0 Å². The summed E-state index contributed by atoms with van der Waals surface area (Å²) in [6.45, 7) is 1.95. The average Bonchev–Trinajstić information content (AvgIpc) is 3.14. The Kier molecular flexibility index (Phi) is 5.80. The topological polar surface area (TPSA) is 65.0 Å². The molecule has 146 valence electrons. The molecule has 0 saturated heterocycles. The van der Waals surface area contributed by atoms with E-state index in [1.165, 1.54) is 11.8 Å². The minimum Gasteiger partial charge on any atom is -0.497 e. The molecule has 4 aromatic rings. The lowest BCUT2D eigenvalue weighted by Crippen LogP contribution is -2.03. The number of aromatic nitrogens is 3. The number of halogens is 1. The monoisotopic (exact) mass is 441 g/mol. The molecule has 0 aliphatic rings. The Balaban J connectivity index is 1.62. The van der Waals surface area contributed by atoms with Crippen molar-refractivity contribution in [3.63, 3.8) is 0 Å². The zero-order valence-electron chi connectivity index (χ0n) is 15.7. The molecule has 2 aromatic carbocycles. The van der Waals surface area contributed by atoms with E-state index in [1.54, 1.807) is 42.7 Å². The molecule has 0 aliphatic heterocycles. The highest BCUT2D eigenvalue weighted by molar-refractivity contribution is 8.00. The minimum absolute atomic E-state index is 0.00722. The molecule has 0 atom stereocenters. The zero-order chi connectivity index (χ0) is 20.4. The van der Waals surface area contributed by atoms with Gasteiger partial charge in [0.1, 0.15) is 22.0 Å². The van der Waals surface area contributed by atoms with Gasteiger partial charge in [-0.25, -0.2) is 4.98 Å². The van der Waals surface area contributed by atoms with Gasteiger partial charge < -0.3 is 4.74 Å². The molecule has 0 bridgehead atoms. The van der Waals surface area contributed by atoms with Crippen LogP contribution in [-0.2, 0) is 0 Å². The summed E-state index contributed by atoms with van der Waals surface area (Å²) in [4.78, 5) is 17.1. The number of benzene rings is 2. The third-order valence-corrected chi connectivity index (χ3v) is 6.45. The molecule has 5 nitrogen and oxygen atoms in total. The first-order chi connectivity index (χ1) is 14.0. The van der Waals surface area contributed by atoms with Gasteiger partial charge in [0.25, 0.3) is 0 Å². The number of hydrogen-bond acceptors (Lipinski definition) is 7. The lowest BCUT2D eigenvalue weighted by atomic mass is 10.1. The molecule has 0 radical (unpaired) electrons. The summed E-state index contributed by atoms with van der Waals surface area (Å²) in [5.74, 6) is 1.04. The van der Waals surface area contributed by atoms with Crippen LogP contribution in [0.4, 0.5) is 0 Å². The standard InChI is InChI=1S/C21H16ClN3O2S2/c1-12-23-19-20(29-12)18(14-5-9-16(27-2)10-6-14)24-25-21(19)28-11-17(26)13-3-7-15(22)8-4-13/h3-10H,11H2,1-2H3. The molecule has 0 aliphatic carbocycles. The van der Waals surface area contributed by atoms with E-state index in [0.717, 1.165) is 32.2 Å². The van der Waals surface area contributed by atoms with Crippen molar-refractivity contribution in [2.75, 3.05) is 12.9 Å². The molecular weight excluding hydrogens is 426 g/mol. The van der Waals surface area contributed by atoms with Gasteiger partial charge >= 0.3 is 0 Å². The largest absolute Gasteiger partial charge is 0.497 e. The SMILES string of the molecule is COc1ccc(-c2nnc(SCC(=O)c3ccc(Cl)cc3)c3nc(C)sc23)cc1. The number of carbonyl (C=O) groups excluding carboxylic acids is 1. The van der Waals surface area contributed by atoms with Crippen LogP contribution in [0.15, 0.2) is 53.6 Å². The first kappa shape index (κ1) is 19.8. The second-order valence-corrected chi connectivity index (χ2v) is 8.82. The lowest BCUT2D eigenvalue weighted by molar-refractivity contribution is 0.102. The van der Waals surface area contributed by atoms with Crippen molar-refractivity contribution in [1.29, 1.82) is 0 Å². The number of ketones is 1. The number of fused-ring (bicyclic) bond motifs is 1. The van der Waals surface area contributed by atoms with E-state index in [2.05, 4.69) is 15.2 Å². The number of rotatable bonds is 6. The van der Waals surface area contributed by atoms with E-state index in [4.69, 9.17) is 16.3 Å². The first-order valence-electron chi connectivity index (χ1n) is 8.75. The van der Waals surface area contributed by atoms with Gasteiger partial charge in [-0.05, 0) is 55.5 Å². The Hall–Kier alpha value is -2.48. The number of aryl methyl sites for hydroxylation is 1. The number of carbonyl (C=O) groups is 1. The first-order valence-corrected chi connectivity index (χ1v) is 10.9. The Morgan fingerprint density at radius 1 is 1.10 bits per heavy atom. The highest BCUT2D eigenvalue weighted by atomic mass is 35.5. The van der Waals surface area contributed by atoms with Crippen molar-refractivity contribution >= 4 is 50.7 Å². The summed E-state index contributed by atoms with van der Waals surface area (Å²) in [5.41, 5.74) is 3.13. The fourth-order valence-corrected chi connectivity index (χ4v) is 4.74. The van der Waals surface area contributed by atoms with Crippen molar-refractivity contribution in [3.8, 4) is 17.0 Å². The molecule has 4 rings (SSSR count). The molecule has 2 aromatic heterocycles. The fourth-order valence-electron chi connectivity index (χ4n) is 2.81. The Morgan fingerprint density at radius 2 is 1.83 bits per heavy atom. The van der Waals surface area contributed by atoms with Crippen LogP contribution in [-0.4, -0.2) is 33.8 Å². The van der Waals surface area contributed by atoms with Gasteiger partial charge in [-0.15, -0.1) is 21.5 Å². The van der Waals surface area contributed by atoms with Gasteiger partial charge in [0, 0.05) is 16.1 Å². The number of thiazole rings is 1. The van der Waals surface area contributed by atoms with Crippen LogP contribution < -0.4 is 4.74 Å². The van der Waals surface area contributed by atoms with Crippen LogP contribution in [0.3, 0.4) is 0 Å². The van der Waals surface area contributed by atoms with Crippen LogP contribution in [0.2, 0.25) is 5.02 Å². The number of thioether (sulfide) groups is 1. The molecule has 2 heterocycles. The van der Waals surface area contributed by atoms with Crippen LogP contribution >= 0.6 is 34.7 Å². The molecule has 0 spiro atoms. The second-order valence-electron chi connectivity index (χ2n) is 6.21. The van der Waals surface area contributed by atoms with Crippen molar-refractivity contribution < 1.29 is 9.53 Å². The quantitative estimate of drug-likeness (QED) is 0.282. The van der Waals surface area contributed by atoms with Crippen molar-refractivity contribution in [3.05, 3.63) is 64.1 Å². The van der Waals surface area contributed by atoms with Gasteiger partial charge in [-0.1, -0.05) is 23.4 Å². The number of ether oxygens (including phenoxy) is 1. The van der Waals surface area contributed by atoms with Gasteiger partial charge in [-0.3, -0.25) is 4.79 Å². The van der Waals surface area contributed by atoms with E-state index in [9.17, 15) is 4.79 Å². The highest BCUT2D eigenvalue weighted by Gasteiger charge is 2.17. The third-order valence-electron chi connectivity index (χ3n) is 4.26. The maximum absolute atomic E-state index is 12.5. The molecule has 0 amide bonds. The highest BCUT2D eigenvalue weighted by Crippen LogP contribution is 2.35. The van der Waals surface area contributed by atoms with E-state index in [1.807, 2.05) is 31.2 Å². The summed E-state index contributed by atoms with van der Waals surface area (Å²) in [5, 5.41) is 11.0. The number of hydrogen-bond donors (Lipinski definition) is 0. The summed E-state index contributed by atoms with van der Waals surface area (Å²) in [7, 11) is 1.64. The van der Waals surface area contributed by atoms with E-state index < -0.39 is 0 Å². The molecule has 0 N–H and O–H groups in total. The number of Topliss-reactive ketones (excluding diaryl/α,β-unsaturated/α-hetero) is 1. The predicted octanol–water partition coefficient (Wildman–Crippen LogP) is 5.70. The molecule has 0 unspecified atom stereocenters. The van der Waals surface area contributed by atoms with Crippen LogP contribution in [0.5, 0.6) is 5.75 Å². The smallest absolute Gasteiger partial charge is 0.173 e. The second kappa shape index (κ2) is 8.49. The van der Waals surface area contributed by atoms with E-state index >= 15 is 0 Å². The van der Waals surface area contributed by atoms with Crippen LogP contribution in [0.25, 0.3) is 21.5 Å². The van der Waals surface area contributed by atoms with Crippen LogP contribution in [0.1, 0.15) is 15.4 Å². The molecule has 0 saturated carbocycles. The van der Waals surface area contributed by atoms with Crippen molar-refractivity contribution in [2.45, 2.75) is 11.9 Å². The number of methoxy groups -OCH3 is 1. The molecule has 29 heavy (non-hydrogen) atoms. The molecule has 0 fully saturated rings. The fraction of sp³-hybridized carbons (Fsp3) is 0.143. The van der Waals surface area contributed by atoms with Gasteiger partial charge in [0.05, 0.1) is 22.6 Å². The average molecular weight is 442 g/mol. The van der Waals surface area contributed by atoms with Crippen molar-refractivity contribution in [2.24, 2.45) is 0 Å². The Labute approximate surface area is 181 Å². The normalized spacial score (nSPS) is 11.0. The van der Waals surface area contributed by atoms with Gasteiger partial charge in [-0.2, -0.15) is 0 Å². The van der Waals surface area contributed by atoms with Crippen LogP contribution in [0, 0.1) is 6.92 Å². The summed E-state index contributed by atoms with van der Waals surface area (Å²) < 4.78 is 6.19. The minimum atomic E-state index is 0.00722. The summed E-state index contributed by atoms with van der Waals surface area (Å²) >= 11 is 8.81. The van der Waals surface area contributed by atoms with Gasteiger partial charge in [0.15, 0.2) is 5.78 Å². The summed E-state index contributed by atoms with van der Waals surface area (Å²) in [6.07, 6.45) is 0.